The summed E-state index contributed by atoms with van der Waals surface area (Å²) in [6.45, 7) is 7.42. The van der Waals surface area contributed by atoms with Crippen LogP contribution < -0.4 is 36.2 Å². The third-order valence-electron chi connectivity index (χ3n) is 13.1. The topological polar surface area (TPSA) is 256 Å². The number of nitrogens with one attached hydrogen (secondary N) is 6. The summed E-state index contributed by atoms with van der Waals surface area (Å²) >= 11 is 1.55. The molecule has 0 spiro atoms. The molecule has 6 aromatic rings. The van der Waals surface area contributed by atoms with Crippen molar-refractivity contribution in [3.63, 3.8) is 0 Å². The van der Waals surface area contributed by atoms with Crippen molar-refractivity contribution in [2.45, 2.75) is 78.1 Å². The molecule has 0 saturated carbocycles. The van der Waals surface area contributed by atoms with E-state index < -0.39 is 59.0 Å². The van der Waals surface area contributed by atoms with Crippen molar-refractivity contribution in [1.82, 2.24) is 45.7 Å². The van der Waals surface area contributed by atoms with Gasteiger partial charge in [-0.05, 0) is 65.8 Å². The number of likely N-dealkylation sites (tertiary alicyclic amines) is 1. The van der Waals surface area contributed by atoms with Gasteiger partial charge in [0.15, 0.2) is 0 Å². The van der Waals surface area contributed by atoms with Crippen molar-refractivity contribution in [2.24, 2.45) is 5.41 Å². The number of aliphatic hydroxyl groups is 1. The Kier molecular flexibility index (Phi) is 15.6. The molecule has 8 rings (SSSR count). The first kappa shape index (κ1) is 52.3. The van der Waals surface area contributed by atoms with Gasteiger partial charge in [-0.25, -0.2) is 9.37 Å². The van der Waals surface area contributed by atoms with Gasteiger partial charge in [-0.3, -0.25) is 28.8 Å². The van der Waals surface area contributed by atoms with E-state index in [4.69, 9.17) is 4.74 Å². The van der Waals surface area contributed by atoms with Crippen molar-refractivity contribution >= 4 is 86.6 Å². The molecule has 22 heteroatoms. The van der Waals surface area contributed by atoms with E-state index in [1.54, 1.807) is 73.0 Å². The molecule has 0 bridgehead atoms. The quantitative estimate of drug-likeness (QED) is 0.0612. The molecule has 3 aromatic carbocycles. The SMILES string of the molecule is CNC(=O)c1c(F)cccc1Nc1nc(Nc2cc3c(cc2OC)CCN3C(=O)CN(C)C(=O)CCC(=O)NC(C(=O)N2C[C@H](O)C[C@H]2C(=O)NCc2ccc(-c3scnc3C)cc2)C(C)(C)C)nc2[nH]ccc12. The largest absolute Gasteiger partial charge is 0.495 e. The van der Waals surface area contributed by atoms with Gasteiger partial charge in [0, 0.05) is 64.9 Å². The lowest BCUT2D eigenvalue weighted by Crippen LogP contribution is -2.57. The molecule has 5 heterocycles. The van der Waals surface area contributed by atoms with E-state index in [2.05, 4.69) is 46.5 Å². The number of hydrogen-bond donors (Lipinski definition) is 7. The maximum absolute atomic E-state index is 14.9. The molecule has 2 aliphatic heterocycles. The minimum Gasteiger partial charge on any atom is -0.495 e. The van der Waals surface area contributed by atoms with E-state index in [1.165, 1.54) is 43.1 Å². The minimum absolute atomic E-state index is 0.0317. The van der Waals surface area contributed by atoms with Crippen LogP contribution in [0.1, 0.15) is 67.2 Å². The molecule has 7 N–H and O–H groups in total. The highest BCUT2D eigenvalue weighted by molar-refractivity contribution is 7.13. The van der Waals surface area contributed by atoms with E-state index in [9.17, 15) is 38.3 Å². The highest BCUT2D eigenvalue weighted by Crippen LogP contribution is 2.39. The maximum Gasteiger partial charge on any atom is 0.256 e. The number of likely N-dealkylation sites (N-methyl/N-ethyl adjacent to an activating group) is 1. The fourth-order valence-corrected chi connectivity index (χ4v) is 9.88. The third-order valence-corrected chi connectivity index (χ3v) is 14.0. The monoisotopic (exact) mass is 1030 g/mol. The average Bonchev–Trinajstić information content (AvgIpc) is 4.20. The Bertz CT molecular complexity index is 3120. The zero-order chi connectivity index (χ0) is 53.0. The van der Waals surface area contributed by atoms with Gasteiger partial charge in [-0.15, -0.1) is 11.3 Å². The highest BCUT2D eigenvalue weighted by atomic mass is 32.1. The van der Waals surface area contributed by atoms with Crippen LogP contribution in [0.5, 0.6) is 5.75 Å². The molecule has 0 aliphatic carbocycles. The number of β-amino-alcohol motifs (C(OH)–C–C–N with tert-alkyl or cyclic N) is 1. The van der Waals surface area contributed by atoms with Gasteiger partial charge < -0.3 is 56.1 Å². The number of thiazole rings is 1. The van der Waals surface area contributed by atoms with Crippen molar-refractivity contribution in [2.75, 3.05) is 56.4 Å². The first-order chi connectivity index (χ1) is 35.3. The Morgan fingerprint density at radius 3 is 2.49 bits per heavy atom. The smallest absolute Gasteiger partial charge is 0.256 e. The summed E-state index contributed by atoms with van der Waals surface area (Å²) in [5.41, 5.74) is 6.03. The van der Waals surface area contributed by atoms with E-state index >= 15 is 0 Å². The first-order valence-corrected chi connectivity index (χ1v) is 24.9. The molecule has 1 saturated heterocycles. The molecule has 6 amide bonds. The summed E-state index contributed by atoms with van der Waals surface area (Å²) in [6.07, 6.45) is 0.723. The Balaban J connectivity index is 0.873. The number of rotatable bonds is 17. The Morgan fingerprint density at radius 1 is 1.01 bits per heavy atom. The van der Waals surface area contributed by atoms with Crippen LogP contribution in [-0.4, -0.2) is 129 Å². The molecule has 388 valence electrons. The third kappa shape index (κ3) is 11.4. The van der Waals surface area contributed by atoms with Gasteiger partial charge in [0.1, 0.15) is 35.1 Å². The predicted octanol–water partition coefficient (Wildman–Crippen LogP) is 5.32. The zero-order valence-corrected chi connectivity index (χ0v) is 42.9. The second kappa shape index (κ2) is 22.0. The standard InChI is InChI=1S/C52H59FN12O8S/c1-28-44(74-27-57-28)30-13-11-29(12-14-30)24-56-48(70)38-22-32(66)25-65(38)50(72)45(52(2,3)4)60-40(67)15-16-41(68)63(6)26-42(69)64-20-18-31-21-39(73-7)36(23-37(31)64)59-51-61-46-33(17-19-55-46)47(62-51)58-35-10-8-9-34(53)43(35)49(71)54-5/h8-14,17,19,21,23,27,32,38,45,66H,15-16,18,20,22,24-26H2,1-7H3,(H,54,71)(H,56,70)(H,60,67)(H3,55,58,59,61,62)/t32-,38+,45?/m1/s1. The number of aromatic amines is 1. The number of methoxy groups -OCH3 is 1. The first-order valence-electron chi connectivity index (χ1n) is 24.0. The molecule has 1 unspecified atom stereocenters. The number of carbonyl (C=O) groups excluding carboxylic acids is 6. The molecule has 3 aromatic heterocycles. The summed E-state index contributed by atoms with van der Waals surface area (Å²) < 4.78 is 20.6. The summed E-state index contributed by atoms with van der Waals surface area (Å²) in [7, 11) is 4.38. The number of benzene rings is 3. The number of halogens is 1. The molecule has 20 nitrogen and oxygen atoms in total. The van der Waals surface area contributed by atoms with Gasteiger partial charge in [-0.2, -0.15) is 9.97 Å². The van der Waals surface area contributed by atoms with Gasteiger partial charge in [0.25, 0.3) is 5.91 Å². The fraction of sp³-hybridized carbons (Fsp3) is 0.365. The normalized spacial score (nSPS) is 15.6. The number of amides is 6. The number of aromatic nitrogens is 4. The van der Waals surface area contributed by atoms with E-state index in [-0.39, 0.29) is 67.8 Å². The van der Waals surface area contributed by atoms with Crippen LogP contribution in [-0.2, 0) is 36.9 Å². The van der Waals surface area contributed by atoms with Crippen LogP contribution in [0.4, 0.5) is 33.2 Å². The van der Waals surface area contributed by atoms with Crippen LogP contribution >= 0.6 is 11.3 Å². The number of hydrogen-bond acceptors (Lipinski definition) is 14. The van der Waals surface area contributed by atoms with E-state index in [0.717, 1.165) is 27.3 Å². The number of anilines is 5. The lowest BCUT2D eigenvalue weighted by atomic mass is 9.85. The van der Waals surface area contributed by atoms with Crippen LogP contribution in [0.3, 0.4) is 0 Å². The molecular weight excluding hydrogens is 972 g/mol. The number of aliphatic hydroxyl groups excluding tert-OH is 1. The van der Waals surface area contributed by atoms with E-state index in [1.807, 2.05) is 31.2 Å². The van der Waals surface area contributed by atoms with Gasteiger partial charge in [0.2, 0.25) is 35.5 Å². The van der Waals surface area contributed by atoms with E-state index in [0.29, 0.717) is 41.1 Å². The molecule has 2 aliphatic rings. The maximum atomic E-state index is 14.9. The number of H-pyrrole nitrogens is 1. The van der Waals surface area contributed by atoms with Gasteiger partial charge >= 0.3 is 0 Å². The summed E-state index contributed by atoms with van der Waals surface area (Å²) in [6, 6.07) is 15.2. The summed E-state index contributed by atoms with van der Waals surface area (Å²) in [4.78, 5) is 103. The molecule has 3 atom stereocenters. The second-order valence-electron chi connectivity index (χ2n) is 19.3. The average molecular weight is 1030 g/mol. The van der Waals surface area contributed by atoms with Gasteiger partial charge in [0.05, 0.1) is 58.2 Å². The number of carbonyl (C=O) groups is 6. The molecule has 74 heavy (non-hydrogen) atoms. The van der Waals surface area contributed by atoms with Crippen LogP contribution in [0, 0.1) is 18.2 Å². The Labute approximate surface area is 430 Å². The second-order valence-corrected chi connectivity index (χ2v) is 20.2. The Morgan fingerprint density at radius 2 is 1.78 bits per heavy atom. The lowest BCUT2D eigenvalue weighted by Gasteiger charge is -2.35. The van der Waals surface area contributed by atoms with Crippen molar-refractivity contribution < 1.29 is 43.0 Å². The number of nitrogens with zero attached hydrogens (tertiary/aromatic N) is 6. The van der Waals surface area contributed by atoms with Crippen molar-refractivity contribution in [3.8, 4) is 16.2 Å². The Hall–Kier alpha value is -7.98. The number of aryl methyl sites for hydroxylation is 1. The lowest BCUT2D eigenvalue weighted by molar-refractivity contribution is -0.144. The highest BCUT2D eigenvalue weighted by Gasteiger charge is 2.44. The molecular formula is C52H59FN12O8S. The van der Waals surface area contributed by atoms with Crippen LogP contribution in [0.2, 0.25) is 0 Å². The van der Waals surface area contributed by atoms with Crippen LogP contribution in [0.15, 0.2) is 72.4 Å². The molecule has 1 fully saturated rings. The summed E-state index contributed by atoms with van der Waals surface area (Å²) in [5, 5.41) is 25.6. The minimum atomic E-state index is -1.09. The fourth-order valence-electron chi connectivity index (χ4n) is 9.07. The van der Waals surface area contributed by atoms with Gasteiger partial charge in [-0.1, -0.05) is 51.1 Å². The predicted molar refractivity (Wildman–Crippen MR) is 278 cm³/mol. The van der Waals surface area contributed by atoms with Crippen LogP contribution in [0.25, 0.3) is 21.5 Å². The number of fused-ring (bicyclic) bond motifs is 2. The van der Waals surface area contributed by atoms with Crippen molar-refractivity contribution in [1.29, 1.82) is 0 Å². The zero-order valence-electron chi connectivity index (χ0n) is 42.1. The number of ether oxygens (including phenoxy) is 1. The summed E-state index contributed by atoms with van der Waals surface area (Å²) in [5.74, 6) is -2.90. The molecule has 0 radical (unpaired) electrons. The van der Waals surface area contributed by atoms with Crippen molar-refractivity contribution in [3.05, 3.63) is 101 Å².